The van der Waals surface area contributed by atoms with Crippen molar-refractivity contribution < 1.29 is 18.4 Å². The predicted molar refractivity (Wildman–Crippen MR) is 96.1 cm³/mol. The fraction of sp³-hybridized carbons (Fsp3) is 0.389. The molecule has 1 amide bonds. The molecule has 0 unspecified atom stereocenters. The first kappa shape index (κ1) is 17.7. The van der Waals surface area contributed by atoms with Gasteiger partial charge in [-0.15, -0.1) is 0 Å². The summed E-state index contributed by atoms with van der Waals surface area (Å²) in [6.07, 6.45) is 4.53. The van der Waals surface area contributed by atoms with Crippen molar-refractivity contribution in [1.82, 2.24) is 5.48 Å². The third-order valence-electron chi connectivity index (χ3n) is 4.57. The standard InChI is InChI=1S/C18H22N2O4S/c21-17(19-22)12-4-2-1-3-5-13-20-15-10-6-8-14-9-7-11-16(18(14)15)25(20,23)24/h6-11,22H,1-5,12-13H2,(H,19,21). The zero-order chi connectivity index (χ0) is 17.9. The summed E-state index contributed by atoms with van der Waals surface area (Å²) in [5.41, 5.74) is 2.39. The number of hydrogen-bond acceptors (Lipinski definition) is 4. The fourth-order valence-corrected chi connectivity index (χ4v) is 5.08. The molecule has 0 bridgehead atoms. The zero-order valence-corrected chi connectivity index (χ0v) is 14.8. The van der Waals surface area contributed by atoms with Crippen LogP contribution in [0.25, 0.3) is 10.8 Å². The number of unbranched alkanes of at least 4 members (excludes halogenated alkanes) is 4. The van der Waals surface area contributed by atoms with Gasteiger partial charge in [0.25, 0.3) is 10.0 Å². The second-order valence-corrected chi connectivity index (χ2v) is 8.09. The Labute approximate surface area is 147 Å². The van der Waals surface area contributed by atoms with Gasteiger partial charge in [-0.2, -0.15) is 0 Å². The van der Waals surface area contributed by atoms with E-state index in [1.165, 1.54) is 4.31 Å². The van der Waals surface area contributed by atoms with E-state index in [2.05, 4.69) is 0 Å². The predicted octanol–water partition coefficient (Wildman–Crippen LogP) is 3.19. The number of benzene rings is 2. The molecule has 2 aromatic carbocycles. The minimum atomic E-state index is -3.46. The number of rotatable bonds is 8. The summed E-state index contributed by atoms with van der Waals surface area (Å²) in [7, 11) is -3.46. The number of nitrogens with zero attached hydrogens (tertiary/aromatic N) is 1. The van der Waals surface area contributed by atoms with Gasteiger partial charge in [-0.1, -0.05) is 43.5 Å². The van der Waals surface area contributed by atoms with E-state index >= 15 is 0 Å². The number of nitrogens with one attached hydrogen (secondary N) is 1. The molecule has 25 heavy (non-hydrogen) atoms. The van der Waals surface area contributed by atoms with Gasteiger partial charge in [0, 0.05) is 18.4 Å². The minimum Gasteiger partial charge on any atom is -0.289 e. The molecule has 2 N–H and O–H groups in total. The number of sulfonamides is 1. The number of amides is 1. The summed E-state index contributed by atoms with van der Waals surface area (Å²) in [6, 6.07) is 11.1. The van der Waals surface area contributed by atoms with Crippen molar-refractivity contribution in [1.29, 1.82) is 0 Å². The van der Waals surface area contributed by atoms with Gasteiger partial charge in [0.15, 0.2) is 0 Å². The molecule has 134 valence electrons. The lowest BCUT2D eigenvalue weighted by molar-refractivity contribution is -0.129. The molecule has 0 aromatic heterocycles. The molecule has 0 saturated heterocycles. The summed E-state index contributed by atoms with van der Waals surface area (Å²) in [5.74, 6) is -0.367. The highest BCUT2D eigenvalue weighted by molar-refractivity contribution is 7.93. The third-order valence-corrected chi connectivity index (χ3v) is 6.43. The van der Waals surface area contributed by atoms with Crippen molar-refractivity contribution >= 4 is 32.4 Å². The van der Waals surface area contributed by atoms with Gasteiger partial charge in [-0.05, 0) is 30.4 Å². The smallest absolute Gasteiger partial charge is 0.265 e. The molecule has 1 aliphatic heterocycles. The molecule has 7 heteroatoms. The van der Waals surface area contributed by atoms with Gasteiger partial charge in [0.05, 0.1) is 10.6 Å². The van der Waals surface area contributed by atoms with Gasteiger partial charge in [-0.25, -0.2) is 13.9 Å². The van der Waals surface area contributed by atoms with Crippen molar-refractivity contribution in [2.75, 3.05) is 10.8 Å². The Bertz CT molecular complexity index is 875. The van der Waals surface area contributed by atoms with Crippen molar-refractivity contribution in [3.63, 3.8) is 0 Å². The average molecular weight is 362 g/mol. The molecule has 2 aromatic rings. The first-order valence-corrected chi connectivity index (χ1v) is 9.97. The van der Waals surface area contributed by atoms with Gasteiger partial charge in [-0.3, -0.25) is 14.3 Å². The van der Waals surface area contributed by atoms with Gasteiger partial charge in [0.2, 0.25) is 5.91 Å². The van der Waals surface area contributed by atoms with Crippen molar-refractivity contribution in [3.05, 3.63) is 36.4 Å². The second-order valence-electron chi connectivity index (χ2n) is 6.26. The van der Waals surface area contributed by atoms with Gasteiger partial charge >= 0.3 is 0 Å². The first-order chi connectivity index (χ1) is 12.1. The molecule has 0 radical (unpaired) electrons. The number of carbonyl (C=O) groups excluding carboxylic acids is 1. The summed E-state index contributed by atoms with van der Waals surface area (Å²) in [4.78, 5) is 11.3. The summed E-state index contributed by atoms with van der Waals surface area (Å²) < 4.78 is 27.1. The molecular formula is C18H22N2O4S. The molecule has 3 rings (SSSR count). The van der Waals surface area contributed by atoms with Crippen LogP contribution >= 0.6 is 0 Å². The van der Waals surface area contributed by atoms with E-state index < -0.39 is 10.0 Å². The van der Waals surface area contributed by atoms with E-state index in [1.54, 1.807) is 17.6 Å². The monoisotopic (exact) mass is 362 g/mol. The van der Waals surface area contributed by atoms with Crippen LogP contribution in [0.4, 0.5) is 5.69 Å². The third kappa shape index (κ3) is 3.48. The Morgan fingerprint density at radius 3 is 2.44 bits per heavy atom. The fourth-order valence-electron chi connectivity index (χ4n) is 3.33. The highest BCUT2D eigenvalue weighted by Crippen LogP contribution is 2.41. The summed E-state index contributed by atoms with van der Waals surface area (Å²) in [6.45, 7) is 0.466. The molecule has 1 heterocycles. The maximum Gasteiger partial charge on any atom is 0.265 e. The van der Waals surface area contributed by atoms with E-state index in [9.17, 15) is 13.2 Å². The molecule has 0 atom stereocenters. The largest absolute Gasteiger partial charge is 0.289 e. The average Bonchev–Trinajstić information content (AvgIpc) is 2.83. The number of anilines is 1. The highest BCUT2D eigenvalue weighted by Gasteiger charge is 2.34. The molecule has 0 fully saturated rings. The van der Waals surface area contributed by atoms with Crippen molar-refractivity contribution in [2.45, 2.75) is 43.4 Å². The van der Waals surface area contributed by atoms with Crippen LogP contribution in [-0.2, 0) is 14.8 Å². The maximum atomic E-state index is 12.8. The minimum absolute atomic E-state index is 0.314. The van der Waals surface area contributed by atoms with Crippen LogP contribution in [0, 0.1) is 0 Å². The maximum absolute atomic E-state index is 12.8. The van der Waals surface area contributed by atoms with E-state index in [0.29, 0.717) is 17.9 Å². The van der Waals surface area contributed by atoms with E-state index in [0.717, 1.165) is 48.6 Å². The molecule has 0 spiro atoms. The number of hydrogen-bond donors (Lipinski definition) is 2. The van der Waals surface area contributed by atoms with E-state index in [4.69, 9.17) is 5.21 Å². The van der Waals surface area contributed by atoms with Gasteiger partial charge in [0.1, 0.15) is 0 Å². The Kier molecular flexibility index (Phi) is 5.24. The second kappa shape index (κ2) is 7.41. The lowest BCUT2D eigenvalue weighted by atomic mass is 10.1. The molecule has 6 nitrogen and oxygen atoms in total. The molecule has 1 aliphatic rings. The van der Waals surface area contributed by atoms with E-state index in [1.807, 2.05) is 24.3 Å². The Hall–Kier alpha value is -2.12. The molecule has 0 saturated carbocycles. The lowest BCUT2D eigenvalue weighted by Gasteiger charge is -2.18. The molecular weight excluding hydrogens is 340 g/mol. The van der Waals surface area contributed by atoms with Crippen LogP contribution in [0.3, 0.4) is 0 Å². The number of hydroxylamine groups is 1. The lowest BCUT2D eigenvalue weighted by Crippen LogP contribution is -2.28. The van der Waals surface area contributed by atoms with Crippen LogP contribution in [0.1, 0.15) is 38.5 Å². The first-order valence-electron chi connectivity index (χ1n) is 8.53. The van der Waals surface area contributed by atoms with Crippen molar-refractivity contribution in [3.8, 4) is 0 Å². The van der Waals surface area contributed by atoms with E-state index in [-0.39, 0.29) is 5.91 Å². The van der Waals surface area contributed by atoms with Crippen LogP contribution in [0.2, 0.25) is 0 Å². The number of carbonyl (C=O) groups is 1. The topological polar surface area (TPSA) is 86.7 Å². The van der Waals surface area contributed by atoms with Gasteiger partial charge < -0.3 is 0 Å². The SMILES string of the molecule is O=C(CCCCCCCN1c2cccc3cccc(c23)S1(=O)=O)NO. The highest BCUT2D eigenvalue weighted by atomic mass is 32.2. The Morgan fingerprint density at radius 2 is 1.68 bits per heavy atom. The summed E-state index contributed by atoms with van der Waals surface area (Å²) in [5, 5.41) is 10.2. The summed E-state index contributed by atoms with van der Waals surface area (Å²) >= 11 is 0. The Morgan fingerprint density at radius 1 is 1.00 bits per heavy atom. The van der Waals surface area contributed by atoms with Crippen LogP contribution < -0.4 is 9.79 Å². The quantitative estimate of drug-likeness (QED) is 0.429. The van der Waals surface area contributed by atoms with Crippen LogP contribution in [-0.4, -0.2) is 26.1 Å². The van der Waals surface area contributed by atoms with Crippen molar-refractivity contribution in [2.24, 2.45) is 0 Å². The zero-order valence-electron chi connectivity index (χ0n) is 13.9. The normalized spacial score (nSPS) is 14.8. The Balaban J connectivity index is 1.58. The van der Waals surface area contributed by atoms with Crippen LogP contribution in [0.5, 0.6) is 0 Å². The molecule has 0 aliphatic carbocycles. The van der Waals surface area contributed by atoms with Crippen LogP contribution in [0.15, 0.2) is 41.3 Å².